The molecule has 0 unspecified atom stereocenters. The maximum Gasteiger partial charge on any atom is 0.262 e. The molecule has 1 aliphatic carbocycles. The third-order valence-electron chi connectivity index (χ3n) is 4.64. The van der Waals surface area contributed by atoms with Gasteiger partial charge < -0.3 is 9.84 Å². The maximum atomic E-state index is 13.1. The Balaban J connectivity index is 2.08. The number of halogens is 2. The fourth-order valence-corrected chi connectivity index (χ4v) is 5.78. The van der Waals surface area contributed by atoms with Crippen LogP contribution in [0, 0.1) is 6.92 Å². The molecule has 26 heavy (non-hydrogen) atoms. The third-order valence-corrected chi connectivity index (χ3v) is 7.67. The van der Waals surface area contributed by atoms with Gasteiger partial charge in [0.2, 0.25) is 0 Å². The monoisotopic (exact) mass is 503 g/mol. The molecule has 3 rings (SSSR count). The lowest BCUT2D eigenvalue weighted by atomic mass is 9.91. The van der Waals surface area contributed by atoms with Gasteiger partial charge in [0.05, 0.1) is 26.6 Å². The summed E-state index contributed by atoms with van der Waals surface area (Å²) in [5.74, 6) is 0.775. The lowest BCUT2D eigenvalue weighted by Gasteiger charge is -2.22. The van der Waals surface area contributed by atoms with Crippen LogP contribution in [0.3, 0.4) is 0 Å². The van der Waals surface area contributed by atoms with E-state index in [1.807, 2.05) is 0 Å². The van der Waals surface area contributed by atoms with Gasteiger partial charge in [-0.25, -0.2) is 8.42 Å². The van der Waals surface area contributed by atoms with Crippen molar-refractivity contribution in [2.45, 2.75) is 37.5 Å². The molecule has 0 atom stereocenters. The van der Waals surface area contributed by atoms with E-state index in [1.54, 1.807) is 32.2 Å². The van der Waals surface area contributed by atoms with Crippen LogP contribution in [0.25, 0.3) is 0 Å². The molecule has 0 heterocycles. The van der Waals surface area contributed by atoms with Gasteiger partial charge in [0, 0.05) is 0 Å². The largest absolute Gasteiger partial charge is 0.506 e. The molecule has 0 aromatic heterocycles. The van der Waals surface area contributed by atoms with Crippen LogP contribution in [0.1, 0.15) is 29.5 Å². The minimum absolute atomic E-state index is 0.0345. The second-order valence-electron chi connectivity index (χ2n) is 6.23. The van der Waals surface area contributed by atoms with Crippen LogP contribution < -0.4 is 9.46 Å². The van der Waals surface area contributed by atoms with Gasteiger partial charge in [-0.15, -0.1) is 0 Å². The highest BCUT2D eigenvalue weighted by atomic mass is 79.9. The molecular weight excluding hydrogens is 486 g/mol. The van der Waals surface area contributed by atoms with E-state index in [0.717, 1.165) is 36.1 Å². The van der Waals surface area contributed by atoms with E-state index >= 15 is 0 Å². The van der Waals surface area contributed by atoms with Gasteiger partial charge in [-0.1, -0.05) is 0 Å². The molecule has 2 aromatic rings. The Morgan fingerprint density at radius 1 is 1.15 bits per heavy atom. The Morgan fingerprint density at radius 3 is 2.46 bits per heavy atom. The van der Waals surface area contributed by atoms with Gasteiger partial charge in [0.15, 0.2) is 0 Å². The number of hydrogen-bond donors (Lipinski definition) is 2. The summed E-state index contributed by atoms with van der Waals surface area (Å²) in [6.45, 7) is 1.73. The number of ether oxygens (including phenoxy) is 1. The number of aromatic hydroxyl groups is 1. The minimum Gasteiger partial charge on any atom is -0.506 e. The predicted octanol–water partition coefficient (Wildman–Crippen LogP) is 4.91. The predicted molar refractivity (Wildman–Crippen MR) is 109 cm³/mol. The SMILES string of the molecule is COc1ccc(S(=O)(=O)Nc2cc(Br)c(O)c(Br)c2C)c2c1CCCC2. The molecule has 0 saturated heterocycles. The zero-order chi connectivity index (χ0) is 19.1. The molecule has 140 valence electrons. The molecule has 8 heteroatoms. The number of sulfonamides is 1. The van der Waals surface area contributed by atoms with Crippen LogP contribution in [-0.2, 0) is 22.9 Å². The summed E-state index contributed by atoms with van der Waals surface area (Å²) in [7, 11) is -2.17. The Hall–Kier alpha value is -1.25. The average molecular weight is 505 g/mol. The number of nitrogens with one attached hydrogen (secondary N) is 1. The van der Waals surface area contributed by atoms with Crippen molar-refractivity contribution in [3.63, 3.8) is 0 Å². The van der Waals surface area contributed by atoms with Crippen molar-refractivity contribution in [2.24, 2.45) is 0 Å². The van der Waals surface area contributed by atoms with Gasteiger partial charge in [-0.3, -0.25) is 4.72 Å². The molecule has 0 radical (unpaired) electrons. The smallest absolute Gasteiger partial charge is 0.262 e. The molecule has 0 fully saturated rings. The van der Waals surface area contributed by atoms with Crippen molar-refractivity contribution in [1.82, 2.24) is 0 Å². The normalized spacial score (nSPS) is 14.0. The van der Waals surface area contributed by atoms with E-state index in [0.29, 0.717) is 26.6 Å². The Bertz CT molecular complexity index is 974. The topological polar surface area (TPSA) is 75.6 Å². The lowest BCUT2D eigenvalue weighted by Crippen LogP contribution is -2.18. The van der Waals surface area contributed by atoms with Crippen LogP contribution in [0.4, 0.5) is 5.69 Å². The Morgan fingerprint density at radius 2 is 1.81 bits per heavy atom. The van der Waals surface area contributed by atoms with Crippen LogP contribution in [0.2, 0.25) is 0 Å². The van der Waals surface area contributed by atoms with Crippen molar-refractivity contribution in [2.75, 3.05) is 11.8 Å². The second kappa shape index (κ2) is 7.40. The number of hydrogen-bond acceptors (Lipinski definition) is 4. The number of phenols is 1. The molecule has 0 aliphatic heterocycles. The van der Waals surface area contributed by atoms with Crippen LogP contribution >= 0.6 is 31.9 Å². The summed E-state index contributed by atoms with van der Waals surface area (Å²) < 4.78 is 35.1. The molecular formula is C18H19Br2NO4S. The summed E-state index contributed by atoms with van der Waals surface area (Å²) in [6.07, 6.45) is 3.51. The van der Waals surface area contributed by atoms with Crippen molar-refractivity contribution in [3.05, 3.63) is 43.8 Å². The highest BCUT2D eigenvalue weighted by molar-refractivity contribution is 9.11. The van der Waals surface area contributed by atoms with E-state index in [-0.39, 0.29) is 10.6 Å². The van der Waals surface area contributed by atoms with E-state index in [1.165, 1.54) is 0 Å². The fourth-order valence-electron chi connectivity index (χ4n) is 3.25. The lowest BCUT2D eigenvalue weighted by molar-refractivity contribution is 0.405. The van der Waals surface area contributed by atoms with Gasteiger partial charge in [0.25, 0.3) is 10.0 Å². The van der Waals surface area contributed by atoms with Crippen LogP contribution in [0.5, 0.6) is 11.5 Å². The van der Waals surface area contributed by atoms with Crippen LogP contribution in [0.15, 0.2) is 32.0 Å². The van der Waals surface area contributed by atoms with Crippen molar-refractivity contribution in [3.8, 4) is 11.5 Å². The highest BCUT2D eigenvalue weighted by Crippen LogP contribution is 2.40. The van der Waals surface area contributed by atoms with E-state index in [4.69, 9.17) is 4.74 Å². The Labute approximate surface area is 170 Å². The third kappa shape index (κ3) is 3.46. The first kappa shape index (κ1) is 19.5. The van der Waals surface area contributed by atoms with Gasteiger partial charge >= 0.3 is 0 Å². The van der Waals surface area contributed by atoms with Crippen molar-refractivity contribution >= 4 is 47.6 Å². The van der Waals surface area contributed by atoms with E-state index in [2.05, 4.69) is 36.6 Å². The average Bonchev–Trinajstić information content (AvgIpc) is 2.63. The van der Waals surface area contributed by atoms with Crippen molar-refractivity contribution in [1.29, 1.82) is 0 Å². The minimum atomic E-state index is -3.78. The first-order valence-corrected chi connectivity index (χ1v) is 11.2. The summed E-state index contributed by atoms with van der Waals surface area (Å²) in [5, 5.41) is 9.96. The molecule has 0 spiro atoms. The summed E-state index contributed by atoms with van der Waals surface area (Å²) in [6, 6.07) is 4.88. The molecule has 0 saturated carbocycles. The molecule has 2 aromatic carbocycles. The zero-order valence-electron chi connectivity index (χ0n) is 14.4. The number of anilines is 1. The first-order valence-electron chi connectivity index (χ1n) is 8.15. The fraction of sp³-hybridized carbons (Fsp3) is 0.333. The number of rotatable bonds is 4. The quantitative estimate of drug-likeness (QED) is 0.580. The zero-order valence-corrected chi connectivity index (χ0v) is 18.4. The van der Waals surface area contributed by atoms with E-state index in [9.17, 15) is 13.5 Å². The highest BCUT2D eigenvalue weighted by Gasteiger charge is 2.26. The van der Waals surface area contributed by atoms with E-state index < -0.39 is 10.0 Å². The standard InChI is InChI=1S/C18H19Br2NO4S/c1-10-14(9-13(19)18(22)17(10)20)21-26(23,24)16-8-7-15(25-2)11-5-3-4-6-12(11)16/h7-9,21-22H,3-6H2,1-2H3. The molecule has 0 bridgehead atoms. The number of benzene rings is 2. The number of phenolic OH excluding ortho intramolecular Hbond substituents is 1. The van der Waals surface area contributed by atoms with Gasteiger partial charge in [0.1, 0.15) is 11.5 Å². The number of methoxy groups -OCH3 is 1. The molecule has 1 aliphatic rings. The molecule has 5 nitrogen and oxygen atoms in total. The molecule has 0 amide bonds. The second-order valence-corrected chi connectivity index (χ2v) is 9.53. The number of fused-ring (bicyclic) bond motifs is 1. The molecule has 2 N–H and O–H groups in total. The summed E-state index contributed by atoms with van der Waals surface area (Å²) >= 11 is 6.53. The van der Waals surface area contributed by atoms with Gasteiger partial charge in [-0.05, 0) is 99.4 Å². The van der Waals surface area contributed by atoms with Crippen molar-refractivity contribution < 1.29 is 18.3 Å². The maximum absolute atomic E-state index is 13.1. The summed E-state index contributed by atoms with van der Waals surface area (Å²) in [5.41, 5.74) is 2.82. The first-order chi connectivity index (χ1) is 12.3. The van der Waals surface area contributed by atoms with Crippen LogP contribution in [-0.4, -0.2) is 20.6 Å². The summed E-state index contributed by atoms with van der Waals surface area (Å²) in [4.78, 5) is 0.285. The van der Waals surface area contributed by atoms with Gasteiger partial charge in [-0.2, -0.15) is 0 Å². The Kier molecular flexibility index (Phi) is 5.55.